The van der Waals surface area contributed by atoms with Crippen LogP contribution < -0.4 is 0 Å². The van der Waals surface area contributed by atoms with E-state index in [0.717, 1.165) is 10.1 Å². The van der Waals surface area contributed by atoms with Crippen molar-refractivity contribution in [3.63, 3.8) is 0 Å². The number of thiophene rings is 1. The smallest absolute Gasteiger partial charge is 0.348 e. The van der Waals surface area contributed by atoms with Crippen LogP contribution in [0.25, 0.3) is 10.1 Å². The Kier molecular flexibility index (Phi) is 7.23. The summed E-state index contributed by atoms with van der Waals surface area (Å²) in [5.74, 6) is -2.53. The lowest BCUT2D eigenvalue weighted by Gasteiger charge is -2.39. The number of fused-ring (bicyclic) bond motifs is 1. The van der Waals surface area contributed by atoms with Crippen LogP contribution in [-0.2, 0) is 25.1 Å². The van der Waals surface area contributed by atoms with E-state index < -0.39 is 37.4 Å². The summed E-state index contributed by atoms with van der Waals surface area (Å²) in [6.07, 6.45) is 3.46. The van der Waals surface area contributed by atoms with Crippen LogP contribution in [0.1, 0.15) is 40.9 Å². The molecule has 0 saturated carbocycles. The van der Waals surface area contributed by atoms with Gasteiger partial charge in [0.15, 0.2) is 0 Å². The molecule has 2 aliphatic rings. The number of benzene rings is 1. The van der Waals surface area contributed by atoms with Crippen molar-refractivity contribution in [3.05, 3.63) is 47.4 Å². The van der Waals surface area contributed by atoms with Gasteiger partial charge in [0.1, 0.15) is 23.6 Å². The van der Waals surface area contributed by atoms with Gasteiger partial charge in [-0.3, -0.25) is 14.2 Å². The average molecular weight is 507 g/mol. The number of carboxylic acids is 2. The Hall–Kier alpha value is -2.52. The normalized spacial score (nSPS) is 21.6. The van der Waals surface area contributed by atoms with E-state index in [4.69, 9.17) is 4.74 Å². The van der Waals surface area contributed by atoms with E-state index in [1.165, 1.54) is 26.8 Å². The Balaban J connectivity index is 1.69. The molecule has 182 valence electrons. The average Bonchev–Trinajstić information content (AvgIpc) is 3.55. The fraction of sp³-hybridized carbons (Fsp3) is 0.435. The summed E-state index contributed by atoms with van der Waals surface area (Å²) < 4.78 is 23.7. The van der Waals surface area contributed by atoms with Crippen LogP contribution in [0.3, 0.4) is 0 Å². The molecule has 0 aliphatic carbocycles. The summed E-state index contributed by atoms with van der Waals surface area (Å²) in [6, 6.07) is 5.38. The molecule has 2 atom stereocenters. The largest absolute Gasteiger partial charge is 0.480 e. The van der Waals surface area contributed by atoms with Gasteiger partial charge in [-0.15, -0.1) is 11.3 Å². The van der Waals surface area contributed by atoms with Crippen LogP contribution in [0.5, 0.6) is 0 Å². The number of hydrogen-bond donors (Lipinski definition) is 2. The highest BCUT2D eigenvalue weighted by atomic mass is 32.1. The molecule has 0 spiro atoms. The lowest BCUT2D eigenvalue weighted by molar-refractivity contribution is -0.140. The van der Waals surface area contributed by atoms with E-state index in [0.29, 0.717) is 49.2 Å². The Bertz CT molecular complexity index is 1140. The summed E-state index contributed by atoms with van der Waals surface area (Å²) in [7, 11) is -3.56. The minimum atomic E-state index is -3.56. The second kappa shape index (κ2) is 10.00. The van der Waals surface area contributed by atoms with E-state index in [9.17, 15) is 29.2 Å². The molecule has 1 aromatic carbocycles. The first-order valence-electron chi connectivity index (χ1n) is 11.1. The van der Waals surface area contributed by atoms with Crippen LogP contribution in [0.4, 0.5) is 0 Å². The lowest BCUT2D eigenvalue weighted by atomic mass is 10.2. The molecule has 11 heteroatoms. The quantitative estimate of drug-likeness (QED) is 0.295. The summed E-state index contributed by atoms with van der Waals surface area (Å²) in [4.78, 5) is 36.5. The van der Waals surface area contributed by atoms with Crippen LogP contribution >= 0.6 is 18.8 Å². The number of rotatable bonds is 9. The summed E-state index contributed by atoms with van der Waals surface area (Å²) in [5, 5.41) is 20.3. The third kappa shape index (κ3) is 4.68. The van der Waals surface area contributed by atoms with Gasteiger partial charge in [-0.25, -0.2) is 14.1 Å². The van der Waals surface area contributed by atoms with Gasteiger partial charge in [0, 0.05) is 17.8 Å². The first kappa shape index (κ1) is 24.6. The number of ether oxygens (including phenoxy) is 1. The van der Waals surface area contributed by atoms with Crippen molar-refractivity contribution in [3.8, 4) is 0 Å². The van der Waals surface area contributed by atoms with Crippen molar-refractivity contribution < 1.29 is 33.9 Å². The highest BCUT2D eigenvalue weighted by Gasteiger charge is 2.50. The molecule has 0 unspecified atom stereocenters. The Morgan fingerprint density at radius 3 is 2.26 bits per heavy atom. The van der Waals surface area contributed by atoms with Gasteiger partial charge in [-0.05, 0) is 54.8 Å². The van der Waals surface area contributed by atoms with Crippen LogP contribution in [-0.4, -0.2) is 69.2 Å². The topological polar surface area (TPSA) is 124 Å². The number of nitrogens with zero attached hydrogens (tertiary/aromatic N) is 2. The number of carboxylic acid groups (broad SMARTS) is 2. The maximum atomic E-state index is 14.6. The van der Waals surface area contributed by atoms with Gasteiger partial charge in [0.2, 0.25) is 7.44 Å². The van der Waals surface area contributed by atoms with Crippen LogP contribution in [0.2, 0.25) is 0 Å². The SMILES string of the molecule is C=CCOC(=O)c1cc2cc(CP(=O)(N3CCC[C@H]3C(=O)O)N3CCC[C@H]3C(=O)O)ccc2s1. The second-order valence-corrected chi connectivity index (χ2v) is 12.3. The Morgan fingerprint density at radius 2 is 1.71 bits per heavy atom. The molecular formula is C23H27N2O7PS. The van der Waals surface area contributed by atoms with Crippen molar-refractivity contribution in [2.75, 3.05) is 19.7 Å². The van der Waals surface area contributed by atoms with Gasteiger partial charge in [0.25, 0.3) is 0 Å². The minimum Gasteiger partial charge on any atom is -0.480 e. The molecule has 3 heterocycles. The van der Waals surface area contributed by atoms with Gasteiger partial charge in [-0.1, -0.05) is 18.7 Å². The molecule has 4 rings (SSSR count). The molecule has 0 radical (unpaired) electrons. The fourth-order valence-electron chi connectivity index (χ4n) is 4.82. The standard InChI is InChI=1S/C23H27N2O7PS/c1-2-11-32-23(30)20-13-16-12-15(7-8-19(16)34-20)14-33(31,24-9-3-5-17(24)21(26)27)25-10-4-6-18(25)22(28)29/h2,7-8,12-13,17-18H,1,3-6,9-11,14H2,(H,26,27)(H,28,29)/t17-,18-/m0/s1. The van der Waals surface area contributed by atoms with Crippen LogP contribution in [0.15, 0.2) is 36.9 Å². The van der Waals surface area contributed by atoms with E-state index in [1.807, 2.05) is 18.2 Å². The zero-order chi connectivity index (χ0) is 24.5. The van der Waals surface area contributed by atoms with Crippen molar-refractivity contribution in [1.82, 2.24) is 9.34 Å². The third-order valence-corrected chi connectivity index (χ3v) is 10.8. The van der Waals surface area contributed by atoms with E-state index >= 15 is 0 Å². The van der Waals surface area contributed by atoms with E-state index in [2.05, 4.69) is 6.58 Å². The van der Waals surface area contributed by atoms with E-state index in [-0.39, 0.29) is 12.8 Å². The molecule has 2 saturated heterocycles. The number of aliphatic carboxylic acids is 2. The van der Waals surface area contributed by atoms with Crippen molar-refractivity contribution in [1.29, 1.82) is 0 Å². The molecule has 0 amide bonds. The fourth-order valence-corrected chi connectivity index (χ4v) is 9.29. The highest BCUT2D eigenvalue weighted by Crippen LogP contribution is 2.61. The Labute approximate surface area is 201 Å². The molecule has 2 aliphatic heterocycles. The molecule has 0 bridgehead atoms. The first-order valence-corrected chi connectivity index (χ1v) is 13.8. The minimum absolute atomic E-state index is 0.0303. The van der Waals surface area contributed by atoms with Crippen molar-refractivity contribution in [2.45, 2.75) is 43.9 Å². The number of hydrogen-bond acceptors (Lipinski definition) is 6. The number of carbonyl (C=O) groups excluding carboxylic acids is 1. The third-order valence-electron chi connectivity index (χ3n) is 6.32. The lowest BCUT2D eigenvalue weighted by Crippen LogP contribution is -2.43. The molecule has 2 fully saturated rings. The van der Waals surface area contributed by atoms with E-state index in [1.54, 1.807) is 6.07 Å². The summed E-state index contributed by atoms with van der Waals surface area (Å²) >= 11 is 1.29. The first-order chi connectivity index (χ1) is 16.2. The zero-order valence-corrected chi connectivity index (χ0v) is 20.3. The predicted octanol–water partition coefficient (Wildman–Crippen LogP) is 4.04. The zero-order valence-electron chi connectivity index (χ0n) is 18.6. The molecule has 1 aromatic heterocycles. The summed E-state index contributed by atoms with van der Waals surface area (Å²) in [6.45, 7) is 4.33. The maximum absolute atomic E-state index is 14.6. The number of esters is 1. The van der Waals surface area contributed by atoms with Gasteiger partial charge in [-0.2, -0.15) is 0 Å². The molecular weight excluding hydrogens is 479 g/mol. The Morgan fingerprint density at radius 1 is 1.09 bits per heavy atom. The molecule has 34 heavy (non-hydrogen) atoms. The maximum Gasteiger partial charge on any atom is 0.348 e. The highest BCUT2D eigenvalue weighted by molar-refractivity contribution is 7.58. The molecule has 9 nitrogen and oxygen atoms in total. The van der Waals surface area contributed by atoms with Gasteiger partial charge in [0.05, 0.1) is 6.16 Å². The predicted molar refractivity (Wildman–Crippen MR) is 128 cm³/mol. The molecule has 2 N–H and O–H groups in total. The van der Waals surface area contributed by atoms with Crippen LogP contribution in [0, 0.1) is 0 Å². The van der Waals surface area contributed by atoms with Gasteiger partial charge < -0.3 is 14.9 Å². The summed E-state index contributed by atoms with van der Waals surface area (Å²) in [5.41, 5.74) is 0.701. The van der Waals surface area contributed by atoms with Gasteiger partial charge >= 0.3 is 17.9 Å². The van der Waals surface area contributed by atoms with Crippen molar-refractivity contribution >= 4 is 46.8 Å². The van der Waals surface area contributed by atoms with Crippen molar-refractivity contribution in [2.24, 2.45) is 0 Å². The molecule has 2 aromatic rings. The monoisotopic (exact) mass is 506 g/mol. The number of carbonyl (C=O) groups is 3. The second-order valence-electron chi connectivity index (χ2n) is 8.51.